The van der Waals surface area contributed by atoms with Crippen molar-refractivity contribution in [1.29, 1.82) is 0 Å². The third kappa shape index (κ3) is 1.70. The number of para-hydroxylation sites is 1. The molecule has 86 valence electrons. The molecule has 1 aromatic carbocycles. The Kier molecular flexibility index (Phi) is 2.37. The predicted molar refractivity (Wildman–Crippen MR) is 69.3 cm³/mol. The monoisotopic (exact) mass is 244 g/mol. The van der Waals surface area contributed by atoms with Crippen LogP contribution in [0.4, 0.5) is 5.69 Å². The van der Waals surface area contributed by atoms with Crippen LogP contribution in [0.15, 0.2) is 35.0 Å². The van der Waals surface area contributed by atoms with Gasteiger partial charge in [0.15, 0.2) is 0 Å². The van der Waals surface area contributed by atoms with E-state index < -0.39 is 0 Å². The maximum absolute atomic E-state index is 12.0. The van der Waals surface area contributed by atoms with Gasteiger partial charge in [0.2, 0.25) is 0 Å². The number of aryl methyl sites for hydroxylation is 1. The first-order valence-corrected chi connectivity index (χ1v) is 6.39. The molecule has 4 heteroatoms. The molecule has 0 saturated heterocycles. The average Bonchev–Trinajstić information content (AvgIpc) is 2.84. The Labute approximate surface area is 103 Å². The lowest BCUT2D eigenvalue weighted by atomic mass is 10.0. The number of anilines is 1. The zero-order valence-electron chi connectivity index (χ0n) is 9.36. The van der Waals surface area contributed by atoms with Gasteiger partial charge >= 0.3 is 0 Å². The van der Waals surface area contributed by atoms with Crippen LogP contribution in [0.25, 0.3) is 0 Å². The molecule has 0 aliphatic carbocycles. The van der Waals surface area contributed by atoms with Crippen LogP contribution in [0.1, 0.15) is 27.7 Å². The summed E-state index contributed by atoms with van der Waals surface area (Å²) < 4.78 is 0. The molecule has 2 aromatic rings. The Morgan fingerprint density at radius 2 is 2.12 bits per heavy atom. The van der Waals surface area contributed by atoms with Gasteiger partial charge in [0, 0.05) is 5.56 Å². The van der Waals surface area contributed by atoms with Crippen molar-refractivity contribution in [3.63, 3.8) is 0 Å². The molecule has 2 N–H and O–H groups in total. The number of fused-ring (bicyclic) bond motifs is 1. The maximum Gasteiger partial charge on any atom is 0.255 e. The fourth-order valence-corrected chi connectivity index (χ4v) is 2.73. The van der Waals surface area contributed by atoms with Gasteiger partial charge in [-0.2, -0.15) is 11.3 Å². The first-order valence-electron chi connectivity index (χ1n) is 5.45. The van der Waals surface area contributed by atoms with E-state index in [0.717, 1.165) is 22.4 Å². The predicted octanol–water partition coefficient (Wildman–Crippen LogP) is 2.91. The Balaban J connectivity index is 2.03. The maximum atomic E-state index is 12.0. The van der Waals surface area contributed by atoms with E-state index in [1.54, 1.807) is 11.3 Å². The minimum absolute atomic E-state index is 0.0151. The van der Waals surface area contributed by atoms with Crippen molar-refractivity contribution < 1.29 is 4.79 Å². The van der Waals surface area contributed by atoms with Crippen molar-refractivity contribution in [3.05, 3.63) is 51.7 Å². The van der Waals surface area contributed by atoms with E-state index in [-0.39, 0.29) is 12.1 Å². The van der Waals surface area contributed by atoms with Gasteiger partial charge in [-0.15, -0.1) is 0 Å². The molecule has 17 heavy (non-hydrogen) atoms. The van der Waals surface area contributed by atoms with Crippen LogP contribution in [-0.2, 0) is 0 Å². The van der Waals surface area contributed by atoms with E-state index >= 15 is 0 Å². The molecule has 0 saturated carbocycles. The molecule has 1 aromatic heterocycles. The lowest BCUT2D eigenvalue weighted by molar-refractivity contribution is 0.0935. The van der Waals surface area contributed by atoms with Crippen molar-refractivity contribution in [2.45, 2.75) is 13.1 Å². The third-order valence-electron chi connectivity index (χ3n) is 2.96. The molecule has 1 aliphatic heterocycles. The number of amides is 1. The highest BCUT2D eigenvalue weighted by Crippen LogP contribution is 2.29. The number of thiophene rings is 1. The number of carbonyl (C=O) groups is 1. The van der Waals surface area contributed by atoms with E-state index in [0.29, 0.717) is 0 Å². The summed E-state index contributed by atoms with van der Waals surface area (Å²) in [5, 5.41) is 10.4. The summed E-state index contributed by atoms with van der Waals surface area (Å²) in [4.78, 5) is 12.0. The molecule has 1 aliphatic rings. The normalized spacial score (nSPS) is 18.2. The van der Waals surface area contributed by atoms with Crippen molar-refractivity contribution in [1.82, 2.24) is 5.32 Å². The van der Waals surface area contributed by atoms with Gasteiger partial charge in [0.25, 0.3) is 5.91 Å². The topological polar surface area (TPSA) is 41.1 Å². The molecular weight excluding hydrogens is 232 g/mol. The van der Waals surface area contributed by atoms with Crippen LogP contribution in [0, 0.1) is 6.92 Å². The van der Waals surface area contributed by atoms with Crippen LogP contribution >= 0.6 is 11.3 Å². The molecular formula is C13H12N2OS. The molecule has 3 rings (SSSR count). The summed E-state index contributed by atoms with van der Waals surface area (Å²) in [7, 11) is 0. The minimum atomic E-state index is -0.123. The van der Waals surface area contributed by atoms with E-state index in [1.165, 1.54) is 0 Å². The summed E-state index contributed by atoms with van der Waals surface area (Å²) >= 11 is 1.63. The van der Waals surface area contributed by atoms with Crippen LogP contribution in [0.2, 0.25) is 0 Å². The zero-order chi connectivity index (χ0) is 11.8. The van der Waals surface area contributed by atoms with Gasteiger partial charge < -0.3 is 10.6 Å². The number of benzene rings is 1. The van der Waals surface area contributed by atoms with E-state index in [2.05, 4.69) is 10.6 Å². The SMILES string of the molecule is Cc1cccc2c1N[C@H](c1ccsc1)NC2=O. The fourth-order valence-electron chi connectivity index (χ4n) is 2.04. The molecule has 0 unspecified atom stereocenters. The van der Waals surface area contributed by atoms with Crippen LogP contribution in [0.5, 0.6) is 0 Å². The highest BCUT2D eigenvalue weighted by atomic mass is 32.1. The van der Waals surface area contributed by atoms with Crippen LogP contribution < -0.4 is 10.6 Å². The van der Waals surface area contributed by atoms with Gasteiger partial charge in [-0.3, -0.25) is 4.79 Å². The molecule has 0 bridgehead atoms. The highest BCUT2D eigenvalue weighted by Gasteiger charge is 2.25. The van der Waals surface area contributed by atoms with Crippen molar-refractivity contribution >= 4 is 22.9 Å². The van der Waals surface area contributed by atoms with Gasteiger partial charge in [-0.1, -0.05) is 12.1 Å². The number of carbonyl (C=O) groups excluding carboxylic acids is 1. The van der Waals surface area contributed by atoms with Crippen molar-refractivity contribution in [2.24, 2.45) is 0 Å². The number of hydrogen-bond donors (Lipinski definition) is 2. The lowest BCUT2D eigenvalue weighted by Crippen LogP contribution is -2.38. The molecule has 1 atom stereocenters. The molecule has 1 amide bonds. The first-order chi connectivity index (χ1) is 8.25. The smallest absolute Gasteiger partial charge is 0.255 e. The second kappa shape index (κ2) is 3.89. The number of rotatable bonds is 1. The Morgan fingerprint density at radius 1 is 1.24 bits per heavy atom. The van der Waals surface area contributed by atoms with Crippen LogP contribution in [-0.4, -0.2) is 5.91 Å². The number of nitrogens with one attached hydrogen (secondary N) is 2. The van der Waals surface area contributed by atoms with Gasteiger partial charge in [0.05, 0.1) is 11.3 Å². The average molecular weight is 244 g/mol. The Bertz CT molecular complexity index is 563. The highest BCUT2D eigenvalue weighted by molar-refractivity contribution is 7.08. The van der Waals surface area contributed by atoms with Gasteiger partial charge in [0.1, 0.15) is 6.17 Å². The number of hydrogen-bond acceptors (Lipinski definition) is 3. The second-order valence-electron chi connectivity index (χ2n) is 4.10. The minimum Gasteiger partial charge on any atom is -0.361 e. The second-order valence-corrected chi connectivity index (χ2v) is 4.88. The molecule has 0 fully saturated rings. The first kappa shape index (κ1) is 10.4. The summed E-state index contributed by atoms with van der Waals surface area (Å²) in [6.07, 6.45) is -0.123. The molecule has 0 spiro atoms. The molecule has 2 heterocycles. The van der Waals surface area contributed by atoms with Crippen molar-refractivity contribution in [3.8, 4) is 0 Å². The van der Waals surface area contributed by atoms with Crippen molar-refractivity contribution in [2.75, 3.05) is 5.32 Å². The van der Waals surface area contributed by atoms with E-state index in [9.17, 15) is 4.79 Å². The third-order valence-corrected chi connectivity index (χ3v) is 3.66. The quantitative estimate of drug-likeness (QED) is 0.809. The fraction of sp³-hybridized carbons (Fsp3) is 0.154. The van der Waals surface area contributed by atoms with Crippen LogP contribution in [0.3, 0.4) is 0 Å². The molecule has 0 radical (unpaired) electrons. The summed E-state index contributed by atoms with van der Waals surface area (Å²) in [6.45, 7) is 2.01. The largest absolute Gasteiger partial charge is 0.361 e. The Hall–Kier alpha value is -1.81. The summed E-state index contributed by atoms with van der Waals surface area (Å²) in [6, 6.07) is 7.77. The lowest BCUT2D eigenvalue weighted by Gasteiger charge is -2.28. The standard InChI is InChI=1S/C13H12N2OS/c1-8-3-2-4-10-11(8)14-12(15-13(10)16)9-5-6-17-7-9/h2-7,12,14H,1H3,(H,15,16)/t12-/m0/s1. The van der Waals surface area contributed by atoms with E-state index in [1.807, 2.05) is 41.9 Å². The Morgan fingerprint density at radius 3 is 2.88 bits per heavy atom. The molecule has 3 nitrogen and oxygen atoms in total. The van der Waals surface area contributed by atoms with Gasteiger partial charge in [-0.25, -0.2) is 0 Å². The summed E-state index contributed by atoms with van der Waals surface area (Å²) in [5.74, 6) is -0.0151. The zero-order valence-corrected chi connectivity index (χ0v) is 10.2. The van der Waals surface area contributed by atoms with E-state index in [4.69, 9.17) is 0 Å². The van der Waals surface area contributed by atoms with Gasteiger partial charge in [-0.05, 0) is 35.4 Å². The summed E-state index contributed by atoms with van der Waals surface area (Å²) in [5.41, 5.74) is 3.85.